The van der Waals surface area contributed by atoms with Gasteiger partial charge in [-0.15, -0.1) is 24.0 Å². The molecule has 178 valence electrons. The second kappa shape index (κ2) is 10.7. The minimum absolute atomic E-state index is 0. The fourth-order valence-electron chi connectivity index (χ4n) is 3.67. The van der Waals surface area contributed by atoms with Crippen molar-refractivity contribution in [2.45, 2.75) is 57.9 Å². The van der Waals surface area contributed by atoms with Gasteiger partial charge in [-0.05, 0) is 51.3 Å². The summed E-state index contributed by atoms with van der Waals surface area (Å²) >= 11 is 0. The van der Waals surface area contributed by atoms with Crippen LogP contribution >= 0.6 is 24.0 Å². The van der Waals surface area contributed by atoms with E-state index in [0.29, 0.717) is 11.9 Å². The molecular weight excluding hydrogens is 536 g/mol. The highest BCUT2D eigenvalue weighted by Crippen LogP contribution is 2.35. The van der Waals surface area contributed by atoms with Crippen molar-refractivity contribution in [1.82, 2.24) is 25.4 Å². The van der Waals surface area contributed by atoms with Gasteiger partial charge in [0.05, 0.1) is 5.56 Å². The Kier molecular flexibility index (Phi) is 8.77. The van der Waals surface area contributed by atoms with Crippen LogP contribution in [0.4, 0.5) is 13.2 Å². The number of hydrogen-bond donors (Lipinski definition) is 2. The van der Waals surface area contributed by atoms with E-state index in [9.17, 15) is 13.2 Å². The highest BCUT2D eigenvalue weighted by Gasteiger charge is 2.34. The maximum atomic E-state index is 13.7. The topological polar surface area (TPSA) is 78.4 Å². The van der Waals surface area contributed by atoms with Gasteiger partial charge in [-0.3, -0.25) is 10.1 Å². The molecule has 32 heavy (non-hydrogen) atoms. The van der Waals surface area contributed by atoms with Gasteiger partial charge in [0, 0.05) is 32.6 Å². The summed E-state index contributed by atoms with van der Waals surface area (Å²) in [5.41, 5.74) is -1.14. The summed E-state index contributed by atoms with van der Waals surface area (Å²) in [6, 6.07) is 4.09. The van der Waals surface area contributed by atoms with Crippen molar-refractivity contribution in [3.8, 4) is 5.75 Å². The summed E-state index contributed by atoms with van der Waals surface area (Å²) in [5.74, 6) is 1.95. The fraction of sp³-hybridized carbons (Fsp3) is 0.571. The summed E-state index contributed by atoms with van der Waals surface area (Å²) in [7, 11) is 1.63. The molecule has 0 amide bonds. The number of likely N-dealkylation sites (tertiary alicyclic amines) is 1. The van der Waals surface area contributed by atoms with E-state index in [4.69, 9.17) is 4.74 Å². The lowest BCUT2D eigenvalue weighted by Gasteiger charge is -2.33. The smallest absolute Gasteiger partial charge is 0.416 e. The number of alkyl halides is 3. The first-order chi connectivity index (χ1) is 14.6. The van der Waals surface area contributed by atoms with Crippen LogP contribution in [0, 0.1) is 0 Å². The van der Waals surface area contributed by atoms with E-state index in [2.05, 4.69) is 30.4 Å². The lowest BCUT2D eigenvalue weighted by atomic mass is 9.96. The average Bonchev–Trinajstić information content (AvgIpc) is 3.22. The molecule has 1 aliphatic heterocycles. The van der Waals surface area contributed by atoms with Gasteiger partial charge < -0.3 is 15.0 Å². The van der Waals surface area contributed by atoms with E-state index in [0.717, 1.165) is 37.8 Å². The molecule has 1 aromatic carbocycles. The van der Waals surface area contributed by atoms with Crippen molar-refractivity contribution in [1.29, 1.82) is 0 Å². The van der Waals surface area contributed by atoms with Crippen LogP contribution in [0.1, 0.15) is 56.5 Å². The molecule has 11 heteroatoms. The molecule has 1 fully saturated rings. The van der Waals surface area contributed by atoms with Crippen LogP contribution in [-0.4, -0.2) is 51.8 Å². The standard InChI is InChI=1S/C21H29F3N6O.HI/c1-20(2,3)31-16-6-5-15(17(11-16)21(22,23)24)12-26-19(25-4)30-9-7-14(8-10-30)18-27-13-28-29-18;/h5-6,11,13-14H,7-10,12H2,1-4H3,(H,25,26)(H,27,28,29);1H. The average molecular weight is 566 g/mol. The monoisotopic (exact) mass is 566 g/mol. The van der Waals surface area contributed by atoms with E-state index < -0.39 is 17.3 Å². The molecule has 0 unspecified atom stereocenters. The summed E-state index contributed by atoms with van der Waals surface area (Å²) in [6.45, 7) is 6.87. The number of ether oxygens (including phenoxy) is 1. The Morgan fingerprint density at radius 1 is 1.25 bits per heavy atom. The van der Waals surface area contributed by atoms with Gasteiger partial charge in [-0.25, -0.2) is 4.98 Å². The summed E-state index contributed by atoms with van der Waals surface area (Å²) in [5, 5.41) is 9.89. The maximum Gasteiger partial charge on any atom is 0.416 e. The van der Waals surface area contributed by atoms with E-state index in [1.54, 1.807) is 33.9 Å². The van der Waals surface area contributed by atoms with Crippen molar-refractivity contribution in [3.63, 3.8) is 0 Å². The molecule has 1 saturated heterocycles. The maximum absolute atomic E-state index is 13.7. The second-order valence-electron chi connectivity index (χ2n) is 8.56. The van der Waals surface area contributed by atoms with Gasteiger partial charge in [0.1, 0.15) is 23.5 Å². The third-order valence-corrected chi connectivity index (χ3v) is 5.07. The normalized spacial score (nSPS) is 16.0. The van der Waals surface area contributed by atoms with Crippen molar-refractivity contribution in [2.24, 2.45) is 4.99 Å². The number of aromatic nitrogens is 3. The number of nitrogens with zero attached hydrogens (tertiary/aromatic N) is 4. The zero-order valence-corrected chi connectivity index (χ0v) is 21.0. The molecule has 3 rings (SSSR count). The van der Waals surface area contributed by atoms with Crippen LogP contribution in [-0.2, 0) is 12.7 Å². The minimum atomic E-state index is -4.48. The van der Waals surface area contributed by atoms with Gasteiger partial charge in [-0.1, -0.05) is 6.07 Å². The van der Waals surface area contributed by atoms with Crippen LogP contribution in [0.5, 0.6) is 5.75 Å². The van der Waals surface area contributed by atoms with Crippen LogP contribution in [0.25, 0.3) is 0 Å². The van der Waals surface area contributed by atoms with Crippen molar-refractivity contribution >= 4 is 29.9 Å². The molecule has 2 heterocycles. The largest absolute Gasteiger partial charge is 0.488 e. The SMILES string of the molecule is CN=C(NCc1ccc(OC(C)(C)C)cc1C(F)(F)F)N1CCC(c2ncn[nH]2)CC1.I. The Bertz CT molecular complexity index is 888. The van der Waals surface area contributed by atoms with Crippen LogP contribution < -0.4 is 10.1 Å². The highest BCUT2D eigenvalue weighted by molar-refractivity contribution is 14.0. The molecule has 7 nitrogen and oxygen atoms in total. The molecule has 0 saturated carbocycles. The Labute approximate surface area is 203 Å². The molecule has 0 radical (unpaired) electrons. The minimum Gasteiger partial charge on any atom is -0.488 e. The first-order valence-corrected chi connectivity index (χ1v) is 10.3. The van der Waals surface area contributed by atoms with E-state index in [-0.39, 0.29) is 41.8 Å². The predicted octanol–water partition coefficient (Wildman–Crippen LogP) is 4.57. The van der Waals surface area contributed by atoms with Gasteiger partial charge >= 0.3 is 6.18 Å². The first-order valence-electron chi connectivity index (χ1n) is 10.3. The molecule has 0 aliphatic carbocycles. The summed E-state index contributed by atoms with van der Waals surface area (Å²) < 4.78 is 46.6. The Balaban J connectivity index is 0.00000363. The number of halogens is 4. The van der Waals surface area contributed by atoms with Gasteiger partial charge in [0.2, 0.25) is 0 Å². The zero-order valence-electron chi connectivity index (χ0n) is 18.7. The van der Waals surface area contributed by atoms with E-state index in [1.165, 1.54) is 12.4 Å². The number of benzene rings is 1. The fourth-order valence-corrected chi connectivity index (χ4v) is 3.67. The number of H-pyrrole nitrogens is 1. The van der Waals surface area contributed by atoms with Gasteiger partial charge in [0.25, 0.3) is 0 Å². The molecule has 0 atom stereocenters. The first kappa shape index (κ1) is 26.2. The molecule has 1 aromatic heterocycles. The number of hydrogen-bond acceptors (Lipinski definition) is 4. The molecule has 2 aromatic rings. The van der Waals surface area contributed by atoms with Gasteiger partial charge in [-0.2, -0.15) is 18.3 Å². The van der Waals surface area contributed by atoms with Gasteiger partial charge in [0.15, 0.2) is 5.96 Å². The molecule has 2 N–H and O–H groups in total. The third-order valence-electron chi connectivity index (χ3n) is 5.07. The number of guanidine groups is 1. The predicted molar refractivity (Wildman–Crippen MR) is 127 cm³/mol. The number of piperidine rings is 1. The lowest BCUT2D eigenvalue weighted by molar-refractivity contribution is -0.138. The van der Waals surface area contributed by atoms with Crippen LogP contribution in [0.15, 0.2) is 29.5 Å². The summed E-state index contributed by atoms with van der Waals surface area (Å²) in [6.07, 6.45) is -1.25. The van der Waals surface area contributed by atoms with Crippen molar-refractivity contribution < 1.29 is 17.9 Å². The summed E-state index contributed by atoms with van der Waals surface area (Å²) in [4.78, 5) is 10.5. The third kappa shape index (κ3) is 6.97. The molecule has 0 bridgehead atoms. The Hall–Kier alpha value is -2.05. The molecular formula is C21H30F3IN6O. The van der Waals surface area contributed by atoms with Crippen molar-refractivity contribution in [2.75, 3.05) is 20.1 Å². The van der Waals surface area contributed by atoms with Crippen LogP contribution in [0.2, 0.25) is 0 Å². The van der Waals surface area contributed by atoms with E-state index >= 15 is 0 Å². The molecule has 0 spiro atoms. The van der Waals surface area contributed by atoms with Crippen molar-refractivity contribution in [3.05, 3.63) is 41.5 Å². The van der Waals surface area contributed by atoms with E-state index in [1.807, 2.05) is 0 Å². The highest BCUT2D eigenvalue weighted by atomic mass is 127. The number of aromatic amines is 1. The van der Waals surface area contributed by atoms with Crippen LogP contribution in [0.3, 0.4) is 0 Å². The number of rotatable bonds is 4. The number of nitrogens with one attached hydrogen (secondary N) is 2. The molecule has 1 aliphatic rings. The Morgan fingerprint density at radius 3 is 2.47 bits per heavy atom. The Morgan fingerprint density at radius 2 is 1.94 bits per heavy atom. The zero-order chi connectivity index (χ0) is 22.6. The number of aliphatic imine (C=N–C) groups is 1. The quantitative estimate of drug-likeness (QED) is 0.322. The lowest BCUT2D eigenvalue weighted by Crippen LogP contribution is -2.45. The second-order valence-corrected chi connectivity index (χ2v) is 8.56.